The number of nitro groups is 1. The van der Waals surface area contributed by atoms with Crippen LogP contribution in [0.4, 0.5) is 10.1 Å². The van der Waals surface area contributed by atoms with Crippen LogP contribution in [-0.4, -0.2) is 18.1 Å². The summed E-state index contributed by atoms with van der Waals surface area (Å²) in [7, 11) is 1.34. The van der Waals surface area contributed by atoms with Crippen LogP contribution in [0.25, 0.3) is 0 Å². The van der Waals surface area contributed by atoms with E-state index in [1.165, 1.54) is 13.2 Å². The summed E-state index contributed by atoms with van der Waals surface area (Å²) in [4.78, 5) is 9.72. The van der Waals surface area contributed by atoms with Crippen molar-refractivity contribution in [1.82, 2.24) is 0 Å². The largest absolute Gasteiger partial charge is 0.493 e. The average molecular weight is 229 g/mol. The molecule has 6 heteroatoms. The number of methoxy groups -OCH3 is 1. The maximum Gasteiger partial charge on any atom is 0.308 e. The predicted octanol–water partition coefficient (Wildman–Crippen LogP) is 2.53. The number of ether oxygens (including phenoxy) is 2. The normalized spacial score (nSPS) is 10.3. The molecule has 5 nitrogen and oxygen atoms in total. The summed E-state index contributed by atoms with van der Waals surface area (Å²) in [6.45, 7) is 3.38. The highest BCUT2D eigenvalue weighted by atomic mass is 19.1. The SMILES string of the molecule is COc1ccc([N+](=O)[O-])c(F)c1OC(C)C. The van der Waals surface area contributed by atoms with Gasteiger partial charge in [-0.1, -0.05) is 0 Å². The van der Waals surface area contributed by atoms with Crippen molar-refractivity contribution in [3.05, 3.63) is 28.1 Å². The Kier molecular flexibility index (Phi) is 3.65. The van der Waals surface area contributed by atoms with Gasteiger partial charge in [-0.2, -0.15) is 4.39 Å². The van der Waals surface area contributed by atoms with E-state index in [9.17, 15) is 14.5 Å². The first-order valence-electron chi connectivity index (χ1n) is 4.65. The van der Waals surface area contributed by atoms with Gasteiger partial charge >= 0.3 is 5.69 Å². The Morgan fingerprint density at radius 1 is 1.44 bits per heavy atom. The molecule has 0 atom stereocenters. The molecule has 0 saturated heterocycles. The summed E-state index contributed by atoms with van der Waals surface area (Å²) in [5.74, 6) is -1.11. The molecule has 1 aromatic carbocycles. The molecule has 0 aromatic heterocycles. The zero-order valence-electron chi connectivity index (χ0n) is 9.19. The molecule has 88 valence electrons. The second-order valence-corrected chi connectivity index (χ2v) is 3.35. The smallest absolute Gasteiger partial charge is 0.308 e. The van der Waals surface area contributed by atoms with Crippen LogP contribution in [0.15, 0.2) is 12.1 Å². The molecule has 0 bridgehead atoms. The van der Waals surface area contributed by atoms with E-state index < -0.39 is 16.4 Å². The van der Waals surface area contributed by atoms with Crippen LogP contribution >= 0.6 is 0 Å². The molecule has 1 aromatic rings. The summed E-state index contributed by atoms with van der Waals surface area (Å²) in [6, 6.07) is 2.35. The van der Waals surface area contributed by atoms with Crippen LogP contribution in [0.3, 0.4) is 0 Å². The summed E-state index contributed by atoms with van der Waals surface area (Å²) in [5, 5.41) is 10.5. The maximum absolute atomic E-state index is 13.7. The van der Waals surface area contributed by atoms with Gasteiger partial charge in [0.25, 0.3) is 0 Å². The Hall–Kier alpha value is -1.85. The molecule has 1 rings (SSSR count). The fourth-order valence-corrected chi connectivity index (χ4v) is 1.18. The van der Waals surface area contributed by atoms with E-state index in [1.807, 2.05) is 0 Å². The van der Waals surface area contributed by atoms with Gasteiger partial charge in [0.05, 0.1) is 18.1 Å². The van der Waals surface area contributed by atoms with Gasteiger partial charge in [-0.05, 0) is 19.9 Å². The third kappa shape index (κ3) is 2.39. The number of hydrogen-bond donors (Lipinski definition) is 0. The molecule has 0 aliphatic heterocycles. The third-order valence-electron chi connectivity index (χ3n) is 1.81. The summed E-state index contributed by atoms with van der Waals surface area (Å²) < 4.78 is 23.7. The van der Waals surface area contributed by atoms with Crippen molar-refractivity contribution in [3.8, 4) is 11.5 Å². The quantitative estimate of drug-likeness (QED) is 0.588. The zero-order valence-corrected chi connectivity index (χ0v) is 9.19. The molecule has 0 N–H and O–H groups in total. The molecule has 0 aliphatic carbocycles. The van der Waals surface area contributed by atoms with Crippen molar-refractivity contribution in [2.75, 3.05) is 7.11 Å². The minimum Gasteiger partial charge on any atom is -0.493 e. The van der Waals surface area contributed by atoms with E-state index in [1.54, 1.807) is 13.8 Å². The highest BCUT2D eigenvalue weighted by molar-refractivity contribution is 5.50. The fourth-order valence-electron chi connectivity index (χ4n) is 1.18. The topological polar surface area (TPSA) is 61.6 Å². The summed E-state index contributed by atoms with van der Waals surface area (Å²) in [6.07, 6.45) is -0.301. The minimum atomic E-state index is -1.02. The number of nitro benzene ring substituents is 1. The van der Waals surface area contributed by atoms with Crippen molar-refractivity contribution in [1.29, 1.82) is 0 Å². The first kappa shape index (κ1) is 12.2. The van der Waals surface area contributed by atoms with Gasteiger partial charge in [0.1, 0.15) is 0 Å². The van der Waals surface area contributed by atoms with Crippen molar-refractivity contribution in [2.45, 2.75) is 20.0 Å². The molecular weight excluding hydrogens is 217 g/mol. The standard InChI is InChI=1S/C10H12FNO4/c1-6(2)16-10-8(15-3)5-4-7(9(10)11)12(13)14/h4-6H,1-3H3. The number of benzene rings is 1. The average Bonchev–Trinajstić information content (AvgIpc) is 2.19. The molecule has 0 unspecified atom stereocenters. The molecule has 0 spiro atoms. The van der Waals surface area contributed by atoms with Gasteiger partial charge in [0, 0.05) is 6.07 Å². The fraction of sp³-hybridized carbons (Fsp3) is 0.400. The molecule has 0 fully saturated rings. The predicted molar refractivity (Wildman–Crippen MR) is 55.4 cm³/mol. The number of hydrogen-bond acceptors (Lipinski definition) is 4. The Labute approximate surface area is 91.9 Å². The molecule has 0 amide bonds. The summed E-state index contributed by atoms with van der Waals surface area (Å²) >= 11 is 0. The number of rotatable bonds is 4. The van der Waals surface area contributed by atoms with Gasteiger partial charge < -0.3 is 9.47 Å². The van der Waals surface area contributed by atoms with E-state index in [2.05, 4.69) is 0 Å². The Morgan fingerprint density at radius 3 is 2.50 bits per heavy atom. The first-order valence-corrected chi connectivity index (χ1v) is 4.65. The third-order valence-corrected chi connectivity index (χ3v) is 1.81. The Bertz CT molecular complexity index is 406. The lowest BCUT2D eigenvalue weighted by atomic mass is 10.2. The van der Waals surface area contributed by atoms with Crippen molar-refractivity contribution >= 4 is 5.69 Å². The Morgan fingerprint density at radius 2 is 2.06 bits per heavy atom. The van der Waals surface area contributed by atoms with Gasteiger partial charge in [-0.15, -0.1) is 0 Å². The molecule has 0 radical (unpaired) electrons. The lowest BCUT2D eigenvalue weighted by Crippen LogP contribution is -2.09. The molecule has 16 heavy (non-hydrogen) atoms. The van der Waals surface area contributed by atoms with E-state index >= 15 is 0 Å². The van der Waals surface area contributed by atoms with E-state index in [4.69, 9.17) is 9.47 Å². The van der Waals surface area contributed by atoms with Gasteiger partial charge in [0.2, 0.25) is 11.6 Å². The van der Waals surface area contributed by atoms with Crippen LogP contribution in [0.1, 0.15) is 13.8 Å². The van der Waals surface area contributed by atoms with Gasteiger partial charge in [-0.3, -0.25) is 10.1 Å². The van der Waals surface area contributed by atoms with Crippen molar-refractivity contribution in [3.63, 3.8) is 0 Å². The van der Waals surface area contributed by atoms with Crippen LogP contribution in [0, 0.1) is 15.9 Å². The lowest BCUT2D eigenvalue weighted by Gasteiger charge is -2.13. The minimum absolute atomic E-state index is 0.136. The zero-order chi connectivity index (χ0) is 12.3. The van der Waals surface area contributed by atoms with Crippen LogP contribution in [0.5, 0.6) is 11.5 Å². The van der Waals surface area contributed by atoms with E-state index in [-0.39, 0.29) is 17.6 Å². The van der Waals surface area contributed by atoms with Crippen LogP contribution in [-0.2, 0) is 0 Å². The molecule has 0 heterocycles. The molecule has 0 aliphatic rings. The highest BCUT2D eigenvalue weighted by Gasteiger charge is 2.23. The van der Waals surface area contributed by atoms with Crippen molar-refractivity contribution < 1.29 is 18.8 Å². The van der Waals surface area contributed by atoms with E-state index in [0.29, 0.717) is 0 Å². The van der Waals surface area contributed by atoms with Gasteiger partial charge in [-0.25, -0.2) is 0 Å². The maximum atomic E-state index is 13.7. The lowest BCUT2D eigenvalue weighted by molar-refractivity contribution is -0.387. The highest BCUT2D eigenvalue weighted by Crippen LogP contribution is 2.36. The number of halogens is 1. The van der Waals surface area contributed by atoms with Crippen molar-refractivity contribution in [2.24, 2.45) is 0 Å². The number of nitrogens with zero attached hydrogens (tertiary/aromatic N) is 1. The Balaban J connectivity index is 3.28. The second-order valence-electron chi connectivity index (χ2n) is 3.35. The molecular formula is C10H12FNO4. The van der Waals surface area contributed by atoms with E-state index in [0.717, 1.165) is 6.07 Å². The van der Waals surface area contributed by atoms with Crippen LogP contribution < -0.4 is 9.47 Å². The van der Waals surface area contributed by atoms with Gasteiger partial charge in [0.15, 0.2) is 5.75 Å². The first-order chi connectivity index (χ1) is 7.47. The van der Waals surface area contributed by atoms with Crippen LogP contribution in [0.2, 0.25) is 0 Å². The summed E-state index contributed by atoms with van der Waals surface area (Å²) in [5.41, 5.74) is -0.628. The second kappa shape index (κ2) is 4.78. The molecule has 0 saturated carbocycles. The monoisotopic (exact) mass is 229 g/mol.